The van der Waals surface area contributed by atoms with Crippen LogP contribution in [0, 0.1) is 5.92 Å². The number of hydrogen-bond acceptors (Lipinski definition) is 5. The van der Waals surface area contributed by atoms with Gasteiger partial charge in [-0.3, -0.25) is 4.79 Å². The van der Waals surface area contributed by atoms with Crippen molar-refractivity contribution in [3.63, 3.8) is 0 Å². The summed E-state index contributed by atoms with van der Waals surface area (Å²) in [5.74, 6) is 0.301. The van der Waals surface area contributed by atoms with Crippen LogP contribution in [-0.2, 0) is 24.1 Å². The Bertz CT molecular complexity index is 985. The van der Waals surface area contributed by atoms with Crippen molar-refractivity contribution in [2.45, 2.75) is 44.5 Å². The van der Waals surface area contributed by atoms with E-state index in [1.54, 1.807) is 18.2 Å². The maximum Gasteiger partial charge on any atom is 0.411 e. The van der Waals surface area contributed by atoms with Gasteiger partial charge in [-0.05, 0) is 30.0 Å². The van der Waals surface area contributed by atoms with Crippen molar-refractivity contribution in [3.05, 3.63) is 41.1 Å². The second kappa shape index (κ2) is 10.2. The summed E-state index contributed by atoms with van der Waals surface area (Å²) < 4.78 is 79.6. The third-order valence-corrected chi connectivity index (χ3v) is 5.57. The van der Waals surface area contributed by atoms with Crippen LogP contribution in [0.1, 0.15) is 28.0 Å². The average Bonchev–Trinajstić information content (AvgIpc) is 3.08. The highest BCUT2D eigenvalue weighted by molar-refractivity contribution is 5.92. The number of alkyl halides is 5. The molecule has 0 radical (unpaired) electrons. The molecule has 2 aromatic rings. The van der Waals surface area contributed by atoms with Gasteiger partial charge >= 0.3 is 6.18 Å². The summed E-state index contributed by atoms with van der Waals surface area (Å²) in [5, 5.41) is 7.10. The van der Waals surface area contributed by atoms with Gasteiger partial charge in [-0.1, -0.05) is 12.1 Å². The molecule has 7 nitrogen and oxygen atoms in total. The number of hydrogen-bond donors (Lipinski definition) is 1. The molecule has 1 amide bonds. The summed E-state index contributed by atoms with van der Waals surface area (Å²) in [6, 6.07) is 6.05. The maximum absolute atomic E-state index is 12.7. The number of halogens is 5. The van der Waals surface area contributed by atoms with Gasteiger partial charge in [-0.15, -0.1) is 0 Å². The van der Waals surface area contributed by atoms with Gasteiger partial charge < -0.3 is 19.5 Å². The fraction of sp³-hybridized carbons (Fsp3) is 0.545. The Hall–Kier alpha value is -2.89. The van der Waals surface area contributed by atoms with Crippen LogP contribution < -0.4 is 14.8 Å². The smallest absolute Gasteiger partial charge is 0.411 e. The van der Waals surface area contributed by atoms with Crippen LogP contribution in [0.3, 0.4) is 0 Å². The first-order valence-corrected chi connectivity index (χ1v) is 10.8. The van der Waals surface area contributed by atoms with Crippen LogP contribution in [-0.4, -0.2) is 60.8 Å². The molecule has 0 aliphatic carbocycles. The van der Waals surface area contributed by atoms with Crippen LogP contribution >= 0.6 is 0 Å². The molecular weight excluding hydrogens is 465 g/mol. The quantitative estimate of drug-likeness (QED) is 0.604. The number of rotatable bonds is 7. The number of carbonyl (C=O) groups is 1. The van der Waals surface area contributed by atoms with Crippen LogP contribution in [0.25, 0.3) is 0 Å². The van der Waals surface area contributed by atoms with Gasteiger partial charge in [0.1, 0.15) is 19.0 Å². The van der Waals surface area contributed by atoms with E-state index in [-0.39, 0.29) is 43.9 Å². The maximum atomic E-state index is 12.7. The van der Waals surface area contributed by atoms with Crippen molar-refractivity contribution in [1.82, 2.24) is 15.1 Å². The molecule has 0 spiro atoms. The third kappa shape index (κ3) is 6.37. The zero-order chi connectivity index (χ0) is 24.3. The number of aryl methyl sites for hydroxylation is 1. The van der Waals surface area contributed by atoms with Crippen molar-refractivity contribution in [2.75, 3.05) is 26.4 Å². The lowest BCUT2D eigenvalue weighted by Crippen LogP contribution is -2.43. The molecule has 1 aromatic carbocycles. The molecule has 4 rings (SSSR count). The van der Waals surface area contributed by atoms with Gasteiger partial charge in [0, 0.05) is 24.9 Å². The number of nitrogens with one attached hydrogen (secondary N) is 1. The predicted molar refractivity (Wildman–Crippen MR) is 109 cm³/mol. The largest absolute Gasteiger partial charge is 0.491 e. The van der Waals surface area contributed by atoms with E-state index in [1.807, 2.05) is 0 Å². The average molecular weight is 489 g/mol. The summed E-state index contributed by atoms with van der Waals surface area (Å²) in [5.41, 5.74) is 1.39. The van der Waals surface area contributed by atoms with Gasteiger partial charge in [0.25, 0.3) is 5.91 Å². The van der Waals surface area contributed by atoms with E-state index in [0.717, 1.165) is 5.56 Å². The Labute approximate surface area is 192 Å². The lowest BCUT2D eigenvalue weighted by atomic mass is 9.99. The number of fused-ring (bicyclic) bond motifs is 2. The number of benzene rings is 1. The molecule has 2 atom stereocenters. The summed E-state index contributed by atoms with van der Waals surface area (Å²) in [6.07, 6.45) is -6.25. The fourth-order valence-corrected chi connectivity index (χ4v) is 3.96. The highest BCUT2D eigenvalue weighted by Crippen LogP contribution is 2.27. The lowest BCUT2D eigenvalue weighted by Gasteiger charge is -2.26. The van der Waals surface area contributed by atoms with Gasteiger partial charge in [-0.25, -0.2) is 13.5 Å². The number of carbonyl (C=O) groups excluding carboxylic acids is 1. The Morgan fingerprint density at radius 1 is 1.24 bits per heavy atom. The fourth-order valence-electron chi connectivity index (χ4n) is 3.96. The second-order valence-corrected chi connectivity index (χ2v) is 8.41. The monoisotopic (exact) mass is 489 g/mol. The topological polar surface area (TPSA) is 74.6 Å². The first kappa shape index (κ1) is 24.2. The molecule has 2 aliphatic rings. The van der Waals surface area contributed by atoms with E-state index in [0.29, 0.717) is 36.6 Å². The summed E-state index contributed by atoms with van der Waals surface area (Å²) in [4.78, 5) is 12.7. The first-order valence-electron chi connectivity index (χ1n) is 10.8. The summed E-state index contributed by atoms with van der Waals surface area (Å²) in [6.45, 7) is -0.633. The van der Waals surface area contributed by atoms with Crippen molar-refractivity contribution in [3.8, 4) is 11.6 Å². The Morgan fingerprint density at radius 2 is 2.06 bits per heavy atom. The molecule has 12 heteroatoms. The predicted octanol–water partition coefficient (Wildman–Crippen LogP) is 3.40. The molecular formula is C22H24F5N3O4. The Morgan fingerprint density at radius 3 is 2.82 bits per heavy atom. The Kier molecular flexibility index (Phi) is 7.24. The van der Waals surface area contributed by atoms with Gasteiger partial charge in [-0.2, -0.15) is 18.3 Å². The lowest BCUT2D eigenvalue weighted by molar-refractivity contribution is -0.177. The molecule has 186 valence electrons. The number of ether oxygens (including phenoxy) is 3. The molecule has 1 aromatic heterocycles. The third-order valence-electron chi connectivity index (χ3n) is 5.57. The molecule has 34 heavy (non-hydrogen) atoms. The number of nitrogens with zero attached hydrogens (tertiary/aromatic N) is 2. The minimum absolute atomic E-state index is 0.0835. The van der Waals surface area contributed by atoms with E-state index in [2.05, 4.69) is 10.4 Å². The standard InChI is InChI=1S/C22H24F5N3O4/c23-19(24)6-13-1-2-18-15(5-13)7-16(11-33-18)28-21(31)17-8-20-30(29-17)4-3-14(10-34-20)9-32-12-22(25,26)27/h1-2,5,8,14,16,19H,3-4,6-7,9-12H2,(H,28,31)/t14-,16-/m1/s1. The molecule has 1 N–H and O–H groups in total. The number of amides is 1. The zero-order valence-electron chi connectivity index (χ0n) is 18.1. The van der Waals surface area contributed by atoms with Crippen molar-refractivity contribution in [2.24, 2.45) is 5.92 Å². The van der Waals surface area contributed by atoms with Gasteiger partial charge in [0.2, 0.25) is 12.3 Å². The van der Waals surface area contributed by atoms with E-state index < -0.39 is 25.1 Å². The normalized spacial score (nSPS) is 20.1. The highest BCUT2D eigenvalue weighted by atomic mass is 19.4. The molecule has 0 bridgehead atoms. The molecule has 2 aliphatic heterocycles. The summed E-state index contributed by atoms with van der Waals surface area (Å²) >= 11 is 0. The van der Waals surface area contributed by atoms with Crippen LogP contribution in [0.2, 0.25) is 0 Å². The summed E-state index contributed by atoms with van der Waals surface area (Å²) in [7, 11) is 0. The van der Waals surface area contributed by atoms with Crippen molar-refractivity contribution < 1.29 is 41.0 Å². The van der Waals surface area contributed by atoms with Crippen molar-refractivity contribution in [1.29, 1.82) is 0 Å². The Balaban J connectivity index is 1.31. The van der Waals surface area contributed by atoms with E-state index in [9.17, 15) is 26.7 Å². The molecule has 3 heterocycles. The van der Waals surface area contributed by atoms with E-state index in [1.165, 1.54) is 10.7 Å². The SMILES string of the molecule is O=C(N[C@H]1COc2ccc(CC(F)F)cc2C1)c1cc2n(n1)CC[C@H](COCC(F)(F)F)CO2. The van der Waals surface area contributed by atoms with Crippen LogP contribution in [0.15, 0.2) is 24.3 Å². The van der Waals surface area contributed by atoms with Gasteiger partial charge in [0.15, 0.2) is 5.69 Å². The molecule has 0 fully saturated rings. The van der Waals surface area contributed by atoms with Crippen LogP contribution in [0.4, 0.5) is 22.0 Å². The zero-order valence-corrected chi connectivity index (χ0v) is 18.1. The highest BCUT2D eigenvalue weighted by Gasteiger charge is 2.29. The molecule has 0 saturated carbocycles. The van der Waals surface area contributed by atoms with Crippen LogP contribution in [0.5, 0.6) is 11.6 Å². The first-order chi connectivity index (χ1) is 16.2. The van der Waals surface area contributed by atoms with Crippen molar-refractivity contribution >= 4 is 5.91 Å². The second-order valence-electron chi connectivity index (χ2n) is 8.41. The molecule has 0 saturated heterocycles. The van der Waals surface area contributed by atoms with E-state index >= 15 is 0 Å². The van der Waals surface area contributed by atoms with E-state index in [4.69, 9.17) is 14.2 Å². The van der Waals surface area contributed by atoms with Gasteiger partial charge in [0.05, 0.1) is 19.3 Å². The minimum atomic E-state index is -4.37. The minimum Gasteiger partial charge on any atom is -0.491 e. The molecule has 0 unspecified atom stereocenters. The number of aromatic nitrogens is 2.